The monoisotopic (exact) mass is 1270 g/mol. The number of hydrogen-bond donors (Lipinski definition) is 0. The second-order valence-electron chi connectivity index (χ2n) is 29.9. The van der Waals surface area contributed by atoms with Crippen LogP contribution in [-0.2, 0) is 38.1 Å². The number of unbranched alkanes of at least 4 members (excludes halogenated alkanes) is 56. The highest BCUT2D eigenvalue weighted by Gasteiger charge is 2.47. The van der Waals surface area contributed by atoms with Crippen LogP contribution < -0.4 is 0 Å². The number of esters is 4. The predicted molar refractivity (Wildman–Crippen MR) is 387 cm³/mol. The molecule has 0 saturated heterocycles. The van der Waals surface area contributed by atoms with E-state index in [2.05, 4.69) is 48.5 Å². The molecule has 8 nitrogen and oxygen atoms in total. The van der Waals surface area contributed by atoms with Crippen LogP contribution in [0.1, 0.15) is 466 Å². The Hall–Kier alpha value is -2.12. The van der Waals surface area contributed by atoms with E-state index < -0.39 is 11.5 Å². The Balaban J connectivity index is 5.92. The quantitative estimate of drug-likeness (QED) is 0.0337. The lowest BCUT2D eigenvalue weighted by Crippen LogP contribution is -2.51. The van der Waals surface area contributed by atoms with Gasteiger partial charge in [0.25, 0.3) is 0 Å². The third kappa shape index (κ3) is 63.3. The van der Waals surface area contributed by atoms with E-state index in [1.54, 1.807) is 0 Å². The summed E-state index contributed by atoms with van der Waals surface area (Å²) in [6.07, 6.45) is 75.7. The average Bonchev–Trinajstić information content (AvgIpc) is 0.912. The first kappa shape index (κ1) is 87.9. The van der Waals surface area contributed by atoms with Gasteiger partial charge in [-0.2, -0.15) is 0 Å². The molecule has 1 unspecified atom stereocenters. The Morgan fingerprint density at radius 2 is 0.389 bits per heavy atom. The maximum atomic E-state index is 14.1. The van der Waals surface area contributed by atoms with E-state index in [4.69, 9.17) is 18.9 Å². The minimum absolute atomic E-state index is 0.171. The molecule has 0 amide bonds. The van der Waals surface area contributed by atoms with E-state index in [1.165, 1.54) is 308 Å². The van der Waals surface area contributed by atoms with Gasteiger partial charge in [-0.05, 0) is 37.5 Å². The van der Waals surface area contributed by atoms with E-state index in [-0.39, 0.29) is 74.8 Å². The number of rotatable bonds is 73. The van der Waals surface area contributed by atoms with Crippen LogP contribution in [-0.4, -0.2) is 49.8 Å². The van der Waals surface area contributed by atoms with Crippen molar-refractivity contribution in [1.29, 1.82) is 0 Å². The third-order valence-corrected chi connectivity index (χ3v) is 19.3. The van der Waals surface area contributed by atoms with E-state index >= 15 is 0 Å². The Bertz CT molecular complexity index is 1400. The molecule has 0 aromatic heterocycles. The van der Waals surface area contributed by atoms with Crippen molar-refractivity contribution in [1.82, 2.24) is 0 Å². The summed E-state index contributed by atoms with van der Waals surface area (Å²) in [7, 11) is 0. The number of carbonyl (C=O) groups excluding carboxylic acids is 4. The van der Waals surface area contributed by atoms with Crippen molar-refractivity contribution >= 4 is 23.9 Å². The minimum Gasteiger partial charge on any atom is -0.465 e. The Morgan fingerprint density at radius 1 is 0.233 bits per heavy atom. The molecule has 0 aromatic carbocycles. The van der Waals surface area contributed by atoms with Crippen LogP contribution in [0, 0.1) is 10.8 Å². The van der Waals surface area contributed by atoms with Crippen LogP contribution in [0.25, 0.3) is 0 Å². The fraction of sp³-hybridized carbons (Fsp3) is 0.951. The Morgan fingerprint density at radius 3 is 0.556 bits per heavy atom. The van der Waals surface area contributed by atoms with E-state index in [0.717, 1.165) is 77.0 Å². The summed E-state index contributed by atoms with van der Waals surface area (Å²) in [4.78, 5) is 55.5. The third-order valence-electron chi connectivity index (χ3n) is 19.3. The van der Waals surface area contributed by atoms with Gasteiger partial charge in [-0.3, -0.25) is 19.2 Å². The summed E-state index contributed by atoms with van der Waals surface area (Å²) in [5, 5.41) is 0. The summed E-state index contributed by atoms with van der Waals surface area (Å²) in [6, 6.07) is 0. The molecule has 8 heteroatoms. The zero-order chi connectivity index (χ0) is 65.8. The van der Waals surface area contributed by atoms with Crippen LogP contribution in [0.3, 0.4) is 0 Å². The smallest absolute Gasteiger partial charge is 0.306 e. The molecule has 1 atom stereocenters. The van der Waals surface area contributed by atoms with Gasteiger partial charge >= 0.3 is 23.9 Å². The Labute approximate surface area is 561 Å². The molecule has 0 aliphatic carbocycles. The van der Waals surface area contributed by atoms with Crippen molar-refractivity contribution in [3.05, 3.63) is 0 Å². The zero-order valence-electron chi connectivity index (χ0n) is 61.9. The van der Waals surface area contributed by atoms with Crippen molar-refractivity contribution in [3.63, 3.8) is 0 Å². The molecule has 0 saturated carbocycles. The van der Waals surface area contributed by atoms with Gasteiger partial charge in [-0.1, -0.05) is 408 Å². The molecule has 0 N–H and O–H groups in total. The van der Waals surface area contributed by atoms with Crippen LogP contribution >= 0.6 is 0 Å². The predicted octanol–water partition coefficient (Wildman–Crippen LogP) is 27.0. The number of carbonyl (C=O) groups is 4. The molecule has 534 valence electrons. The lowest BCUT2D eigenvalue weighted by molar-refractivity contribution is -0.186. The second-order valence-corrected chi connectivity index (χ2v) is 29.9. The topological polar surface area (TPSA) is 105 Å². The molecule has 0 aliphatic heterocycles. The molecule has 0 aromatic rings. The summed E-state index contributed by atoms with van der Waals surface area (Å²) < 4.78 is 25.2. The molecule has 0 rings (SSSR count). The van der Waals surface area contributed by atoms with E-state index in [0.29, 0.717) is 6.42 Å². The highest BCUT2D eigenvalue weighted by Crippen LogP contribution is 2.37. The molecular formula is C82H158O8. The summed E-state index contributed by atoms with van der Waals surface area (Å²) in [5.74, 6) is -1.26. The van der Waals surface area contributed by atoms with Gasteiger partial charge in [0.1, 0.15) is 31.3 Å². The lowest BCUT2D eigenvalue weighted by atomic mass is 9.76. The number of hydrogen-bond acceptors (Lipinski definition) is 8. The van der Waals surface area contributed by atoms with Gasteiger partial charge in [0.2, 0.25) is 0 Å². The van der Waals surface area contributed by atoms with Crippen molar-refractivity contribution in [2.24, 2.45) is 10.8 Å². The van der Waals surface area contributed by atoms with E-state index in [1.807, 2.05) is 0 Å². The molecule has 0 heterocycles. The van der Waals surface area contributed by atoms with Crippen molar-refractivity contribution in [3.8, 4) is 0 Å². The molecule has 0 fully saturated rings. The first-order valence-corrected chi connectivity index (χ1v) is 40.6. The highest BCUT2D eigenvalue weighted by atomic mass is 16.6. The van der Waals surface area contributed by atoms with Gasteiger partial charge in [0, 0.05) is 25.7 Å². The maximum Gasteiger partial charge on any atom is 0.306 e. The SMILES string of the molecule is CCCCCCCCCCCCCCCCCC(=O)OCC(COC(=O)CCCCCCCCCCCCCCCCC)(COC(=O)CCCCCCCCCCCCCCCCC)C(CC(C)(C)C)OC(=O)CCCCCCCCCCCCCCCCC. The molecule has 0 spiro atoms. The van der Waals surface area contributed by atoms with E-state index in [9.17, 15) is 19.2 Å². The van der Waals surface area contributed by atoms with Gasteiger partial charge in [0.05, 0.1) is 0 Å². The minimum atomic E-state index is -1.28. The van der Waals surface area contributed by atoms with Crippen LogP contribution in [0.15, 0.2) is 0 Å². The largest absolute Gasteiger partial charge is 0.465 e. The maximum absolute atomic E-state index is 14.1. The van der Waals surface area contributed by atoms with Crippen molar-refractivity contribution in [2.45, 2.75) is 472 Å². The molecular weight excluding hydrogens is 1110 g/mol. The first-order valence-electron chi connectivity index (χ1n) is 40.6. The summed E-state index contributed by atoms with van der Waals surface area (Å²) in [6.45, 7) is 14.9. The molecule has 0 aliphatic rings. The first-order chi connectivity index (χ1) is 43.9. The van der Waals surface area contributed by atoms with Crippen molar-refractivity contribution < 1.29 is 38.1 Å². The standard InChI is InChI=1S/C82H158O8/c1-8-12-16-20-24-28-32-36-40-44-48-52-56-60-64-68-77(83)87-73-82(74-88-78(84)69-65-61-57-53-49-45-41-37-33-29-25-21-17-13-9-2,75-89-79(85)70-66-62-58-54-50-46-42-38-34-30-26-22-18-14-10-3)76(72-81(5,6)7)90-80(86)71-67-63-59-55-51-47-43-39-35-31-27-23-19-15-11-4/h76H,8-75H2,1-7H3. The van der Waals surface area contributed by atoms with Crippen molar-refractivity contribution in [2.75, 3.05) is 19.8 Å². The zero-order valence-corrected chi connectivity index (χ0v) is 61.9. The number of ether oxygens (including phenoxy) is 4. The second kappa shape index (κ2) is 68.3. The van der Waals surface area contributed by atoms with Gasteiger partial charge < -0.3 is 18.9 Å². The van der Waals surface area contributed by atoms with Crippen LogP contribution in [0.4, 0.5) is 0 Å². The molecule has 0 radical (unpaired) electrons. The molecule has 0 bridgehead atoms. The van der Waals surface area contributed by atoms with Gasteiger partial charge in [-0.15, -0.1) is 0 Å². The van der Waals surface area contributed by atoms with Gasteiger partial charge in [-0.25, -0.2) is 0 Å². The average molecular weight is 1270 g/mol. The highest BCUT2D eigenvalue weighted by molar-refractivity contribution is 5.71. The van der Waals surface area contributed by atoms with Gasteiger partial charge in [0.15, 0.2) is 0 Å². The van der Waals surface area contributed by atoms with Crippen LogP contribution in [0.5, 0.6) is 0 Å². The normalized spacial score (nSPS) is 12.2. The lowest BCUT2D eigenvalue weighted by Gasteiger charge is -2.41. The molecule has 90 heavy (non-hydrogen) atoms. The fourth-order valence-electron chi connectivity index (χ4n) is 13.0. The summed E-state index contributed by atoms with van der Waals surface area (Å²) >= 11 is 0. The Kier molecular flexibility index (Phi) is 66.7. The summed E-state index contributed by atoms with van der Waals surface area (Å²) in [5.41, 5.74) is -1.60. The fourth-order valence-corrected chi connectivity index (χ4v) is 13.0. The van der Waals surface area contributed by atoms with Crippen LogP contribution in [0.2, 0.25) is 0 Å².